The van der Waals surface area contributed by atoms with Crippen LogP contribution in [0.15, 0.2) is 24.5 Å². The molecule has 0 spiro atoms. The molecule has 7 nitrogen and oxygen atoms in total. The third kappa shape index (κ3) is 2.16. The van der Waals surface area contributed by atoms with Crippen molar-refractivity contribution in [1.29, 1.82) is 0 Å². The maximum atomic E-state index is 14.8. The van der Waals surface area contributed by atoms with E-state index in [4.69, 9.17) is 0 Å². The van der Waals surface area contributed by atoms with Crippen molar-refractivity contribution < 1.29 is 4.39 Å². The molecule has 0 amide bonds. The van der Waals surface area contributed by atoms with E-state index in [9.17, 15) is 4.39 Å². The molecular weight excluding hydrogens is 345 g/mol. The van der Waals surface area contributed by atoms with E-state index < -0.39 is 0 Å². The maximum Gasteiger partial charge on any atom is 0.191 e. The molecule has 1 unspecified atom stereocenters. The van der Waals surface area contributed by atoms with Crippen LogP contribution in [0, 0.1) is 31.5 Å². The Kier molecular flexibility index (Phi) is 2.87. The van der Waals surface area contributed by atoms with Gasteiger partial charge in [0.05, 0.1) is 17.6 Å². The fourth-order valence-electron chi connectivity index (χ4n) is 4.43. The van der Waals surface area contributed by atoms with E-state index in [1.165, 1.54) is 6.07 Å². The minimum Gasteiger partial charge on any atom is -0.316 e. The first-order chi connectivity index (χ1) is 13.1. The number of fused-ring (bicyclic) bond motifs is 3. The van der Waals surface area contributed by atoms with E-state index in [0.717, 1.165) is 35.8 Å². The molecule has 2 fully saturated rings. The van der Waals surface area contributed by atoms with Crippen molar-refractivity contribution in [3.05, 3.63) is 47.4 Å². The second-order valence-corrected chi connectivity index (χ2v) is 7.69. The van der Waals surface area contributed by atoms with Crippen LogP contribution in [0.4, 0.5) is 4.39 Å². The summed E-state index contributed by atoms with van der Waals surface area (Å²) in [5, 5.41) is 12.5. The van der Waals surface area contributed by atoms with Crippen molar-refractivity contribution in [3.8, 4) is 11.3 Å². The summed E-state index contributed by atoms with van der Waals surface area (Å²) in [4.78, 5) is 8.94. The van der Waals surface area contributed by atoms with Gasteiger partial charge in [0.2, 0.25) is 0 Å². The number of aryl methyl sites for hydroxylation is 2. The minimum atomic E-state index is -0.378. The van der Waals surface area contributed by atoms with Crippen LogP contribution < -0.4 is 5.32 Å². The van der Waals surface area contributed by atoms with Gasteiger partial charge in [-0.1, -0.05) is 0 Å². The number of hydrogen-bond donors (Lipinski definition) is 1. The van der Waals surface area contributed by atoms with Crippen molar-refractivity contribution in [1.82, 2.24) is 34.5 Å². The van der Waals surface area contributed by atoms with Crippen molar-refractivity contribution in [2.45, 2.75) is 19.8 Å². The number of imidazole rings is 1. The lowest BCUT2D eigenvalue weighted by atomic mass is 10.1. The molecule has 8 heteroatoms. The molecule has 1 saturated heterocycles. The average molecular weight is 363 g/mol. The van der Waals surface area contributed by atoms with Crippen LogP contribution in [0.3, 0.4) is 0 Å². The highest BCUT2D eigenvalue weighted by Crippen LogP contribution is 2.54. The Bertz CT molecular complexity index is 1210. The van der Waals surface area contributed by atoms with Gasteiger partial charge in [0.25, 0.3) is 0 Å². The van der Waals surface area contributed by atoms with Crippen molar-refractivity contribution >= 4 is 11.3 Å². The van der Waals surface area contributed by atoms with E-state index in [2.05, 4.69) is 25.5 Å². The van der Waals surface area contributed by atoms with Crippen molar-refractivity contribution in [2.75, 3.05) is 13.1 Å². The van der Waals surface area contributed by atoms with Gasteiger partial charge in [-0.25, -0.2) is 23.4 Å². The smallest absolute Gasteiger partial charge is 0.191 e. The summed E-state index contributed by atoms with van der Waals surface area (Å²) in [7, 11) is 0. The molecule has 0 bridgehead atoms. The standard InChI is InChI=1S/C19H18FN7/c1-9-3-15(24-26-7-10(2)22-18(9)26)11-4-14(20)19-23-17(25-27(19)8-11)16-12-5-21-6-13(12)16/h3-4,7-8,12-13,16,21H,5-6H2,1-2H3/t12-,13+,16?. The Labute approximate surface area is 154 Å². The normalized spacial score (nSPS) is 24.0. The summed E-state index contributed by atoms with van der Waals surface area (Å²) in [6, 6.07) is 3.41. The molecule has 4 aromatic rings. The summed E-state index contributed by atoms with van der Waals surface area (Å²) in [6.07, 6.45) is 3.68. The van der Waals surface area contributed by atoms with Gasteiger partial charge in [-0.3, -0.25) is 0 Å². The van der Waals surface area contributed by atoms with E-state index in [-0.39, 0.29) is 11.5 Å². The van der Waals surface area contributed by atoms with Crippen LogP contribution in [-0.2, 0) is 0 Å². The number of nitrogens with one attached hydrogen (secondary N) is 1. The Morgan fingerprint density at radius 2 is 1.78 bits per heavy atom. The Morgan fingerprint density at radius 3 is 2.59 bits per heavy atom. The van der Waals surface area contributed by atoms with Gasteiger partial charge < -0.3 is 5.32 Å². The van der Waals surface area contributed by atoms with Crippen molar-refractivity contribution in [2.24, 2.45) is 11.8 Å². The second kappa shape index (κ2) is 5.10. The van der Waals surface area contributed by atoms with Crippen LogP contribution in [0.5, 0.6) is 0 Å². The molecule has 1 saturated carbocycles. The summed E-state index contributed by atoms with van der Waals surface area (Å²) >= 11 is 0. The highest BCUT2D eigenvalue weighted by Gasteiger charge is 2.55. The lowest BCUT2D eigenvalue weighted by Crippen LogP contribution is -2.14. The van der Waals surface area contributed by atoms with Crippen LogP contribution in [0.2, 0.25) is 0 Å². The molecule has 136 valence electrons. The molecule has 1 aliphatic carbocycles. The number of piperidine rings is 1. The number of halogens is 1. The van der Waals surface area contributed by atoms with E-state index in [0.29, 0.717) is 29.0 Å². The van der Waals surface area contributed by atoms with Gasteiger partial charge in [-0.15, -0.1) is 0 Å². The molecular formula is C19H18FN7. The van der Waals surface area contributed by atoms with Crippen LogP contribution in [-0.4, -0.2) is 42.3 Å². The second-order valence-electron chi connectivity index (χ2n) is 7.69. The van der Waals surface area contributed by atoms with Gasteiger partial charge >= 0.3 is 0 Å². The van der Waals surface area contributed by atoms with Gasteiger partial charge in [-0.05, 0) is 56.5 Å². The van der Waals surface area contributed by atoms with Gasteiger partial charge in [0.1, 0.15) is 0 Å². The SMILES string of the molecule is Cc1cn2nc(-c3cc(F)c4nc(C5[C@H]6CNC[C@@H]56)nn4c3)cc(C)c2n1. The molecule has 1 N–H and O–H groups in total. The number of nitrogens with zero attached hydrogens (tertiary/aromatic N) is 6. The monoisotopic (exact) mass is 363 g/mol. The van der Waals surface area contributed by atoms with Gasteiger partial charge in [0, 0.05) is 17.7 Å². The zero-order valence-electron chi connectivity index (χ0n) is 15.0. The molecule has 0 aromatic carbocycles. The third-order valence-electron chi connectivity index (χ3n) is 5.82. The molecule has 2 aliphatic rings. The molecule has 27 heavy (non-hydrogen) atoms. The number of hydrogen-bond acceptors (Lipinski definition) is 5. The van der Waals surface area contributed by atoms with E-state index in [1.807, 2.05) is 32.3 Å². The first-order valence-corrected chi connectivity index (χ1v) is 9.19. The maximum absolute atomic E-state index is 14.8. The van der Waals surface area contributed by atoms with E-state index >= 15 is 0 Å². The first-order valence-electron chi connectivity index (χ1n) is 9.19. The third-order valence-corrected chi connectivity index (χ3v) is 5.82. The molecule has 0 radical (unpaired) electrons. The molecule has 5 heterocycles. The lowest BCUT2D eigenvalue weighted by molar-refractivity contribution is 0.628. The predicted octanol–water partition coefficient (Wildman–Crippen LogP) is 2.13. The highest BCUT2D eigenvalue weighted by atomic mass is 19.1. The summed E-state index contributed by atoms with van der Waals surface area (Å²) in [5.74, 6) is 1.94. The van der Waals surface area contributed by atoms with E-state index in [1.54, 1.807) is 9.03 Å². The molecule has 6 rings (SSSR count). The average Bonchev–Trinajstić information content (AvgIpc) is 3.07. The number of pyridine rings is 1. The van der Waals surface area contributed by atoms with Crippen LogP contribution >= 0.6 is 0 Å². The zero-order chi connectivity index (χ0) is 18.3. The topological polar surface area (TPSA) is 72.4 Å². The largest absolute Gasteiger partial charge is 0.316 e. The number of aromatic nitrogens is 6. The first kappa shape index (κ1) is 15.2. The van der Waals surface area contributed by atoms with Crippen molar-refractivity contribution in [3.63, 3.8) is 0 Å². The number of rotatable bonds is 2. The summed E-state index contributed by atoms with van der Waals surface area (Å²) in [5.41, 5.74) is 4.34. The minimum absolute atomic E-state index is 0.281. The molecule has 4 aromatic heterocycles. The van der Waals surface area contributed by atoms with Gasteiger partial charge in [0.15, 0.2) is 22.9 Å². The van der Waals surface area contributed by atoms with Crippen LogP contribution in [0.25, 0.3) is 22.6 Å². The lowest BCUT2D eigenvalue weighted by Gasteiger charge is -2.05. The molecule has 3 atom stereocenters. The fraction of sp³-hybridized carbons (Fsp3) is 0.368. The Morgan fingerprint density at radius 1 is 1.00 bits per heavy atom. The zero-order valence-corrected chi connectivity index (χ0v) is 15.0. The summed E-state index contributed by atoms with van der Waals surface area (Å²) < 4.78 is 18.1. The quantitative estimate of drug-likeness (QED) is 0.591. The highest BCUT2D eigenvalue weighted by molar-refractivity contribution is 5.64. The predicted molar refractivity (Wildman–Crippen MR) is 97.0 cm³/mol. The molecule has 1 aliphatic heterocycles. The Hall–Kier alpha value is -2.87. The fourth-order valence-corrected chi connectivity index (χ4v) is 4.43. The Balaban J connectivity index is 1.46. The van der Waals surface area contributed by atoms with Crippen LogP contribution in [0.1, 0.15) is 23.0 Å². The van der Waals surface area contributed by atoms with Gasteiger partial charge in [-0.2, -0.15) is 10.2 Å². The summed E-state index contributed by atoms with van der Waals surface area (Å²) in [6.45, 7) is 5.92.